The number of benzene rings is 3. The van der Waals surface area contributed by atoms with E-state index in [1.165, 1.54) is 0 Å². The Labute approximate surface area is 208 Å². The highest BCUT2D eigenvalue weighted by molar-refractivity contribution is 6.31. The van der Waals surface area contributed by atoms with Crippen LogP contribution >= 0.6 is 11.6 Å². The molecule has 1 aliphatic heterocycles. The van der Waals surface area contributed by atoms with Crippen molar-refractivity contribution in [2.24, 2.45) is 0 Å². The Morgan fingerprint density at radius 2 is 1.74 bits per heavy atom. The van der Waals surface area contributed by atoms with Gasteiger partial charge in [-0.15, -0.1) is 0 Å². The van der Waals surface area contributed by atoms with Gasteiger partial charge in [0.2, 0.25) is 5.76 Å². The molecule has 1 amide bonds. The zero-order valence-corrected chi connectivity index (χ0v) is 20.5. The molecule has 0 bridgehead atoms. The lowest BCUT2D eigenvalue weighted by atomic mass is 9.98. The Hall–Kier alpha value is -3.57. The molecule has 6 heteroatoms. The van der Waals surface area contributed by atoms with E-state index < -0.39 is 6.04 Å². The minimum absolute atomic E-state index is 0.0882. The molecule has 0 spiro atoms. The molecule has 0 saturated carbocycles. The van der Waals surface area contributed by atoms with E-state index in [-0.39, 0.29) is 17.1 Å². The summed E-state index contributed by atoms with van der Waals surface area (Å²) in [6, 6.07) is 19.9. The highest BCUT2D eigenvalue weighted by Gasteiger charge is 2.42. The number of aryl methyl sites for hydroxylation is 1. The Bertz CT molecular complexity index is 1440. The van der Waals surface area contributed by atoms with Crippen LogP contribution < -0.4 is 10.2 Å². The SMILES string of the molecule is CCCCOc1ccc(C2c3c(oc4ccc(Cl)cc4c3=O)C(=O)N2Cc2ccc(C)cc2)cc1. The van der Waals surface area contributed by atoms with Gasteiger partial charge < -0.3 is 14.1 Å². The minimum Gasteiger partial charge on any atom is -0.494 e. The molecular weight excluding hydrogens is 462 g/mol. The van der Waals surface area contributed by atoms with Crippen LogP contribution in [-0.2, 0) is 6.54 Å². The summed E-state index contributed by atoms with van der Waals surface area (Å²) < 4.78 is 11.8. The number of rotatable bonds is 7. The first-order valence-corrected chi connectivity index (χ1v) is 12.2. The van der Waals surface area contributed by atoms with Gasteiger partial charge in [-0.3, -0.25) is 9.59 Å². The highest BCUT2D eigenvalue weighted by Crippen LogP contribution is 2.39. The van der Waals surface area contributed by atoms with Gasteiger partial charge in [-0.1, -0.05) is 66.9 Å². The minimum atomic E-state index is -0.580. The Morgan fingerprint density at radius 1 is 1.00 bits per heavy atom. The van der Waals surface area contributed by atoms with Crippen molar-refractivity contribution in [1.82, 2.24) is 4.90 Å². The van der Waals surface area contributed by atoms with E-state index >= 15 is 0 Å². The molecule has 5 nitrogen and oxygen atoms in total. The molecule has 5 rings (SSSR count). The molecule has 0 aliphatic carbocycles. The van der Waals surface area contributed by atoms with Gasteiger partial charge >= 0.3 is 0 Å². The average Bonchev–Trinajstić information content (AvgIpc) is 3.13. The number of fused-ring (bicyclic) bond motifs is 2. The maximum Gasteiger partial charge on any atom is 0.291 e. The second-order valence-corrected chi connectivity index (χ2v) is 9.34. The fourth-order valence-corrected chi connectivity index (χ4v) is 4.65. The lowest BCUT2D eigenvalue weighted by Crippen LogP contribution is -2.29. The van der Waals surface area contributed by atoms with Gasteiger partial charge in [0, 0.05) is 11.6 Å². The smallest absolute Gasteiger partial charge is 0.291 e. The Kier molecular flexibility index (Phi) is 6.35. The summed E-state index contributed by atoms with van der Waals surface area (Å²) in [6.07, 6.45) is 2.04. The predicted molar refractivity (Wildman–Crippen MR) is 137 cm³/mol. The van der Waals surface area contributed by atoms with Crippen LogP contribution in [-0.4, -0.2) is 17.4 Å². The number of nitrogens with zero attached hydrogens (tertiary/aromatic N) is 1. The van der Waals surface area contributed by atoms with E-state index in [1.54, 1.807) is 23.1 Å². The molecule has 0 saturated heterocycles. The first-order chi connectivity index (χ1) is 17.0. The fourth-order valence-electron chi connectivity index (χ4n) is 4.47. The zero-order valence-electron chi connectivity index (χ0n) is 19.7. The standard InChI is InChI=1S/C29H26ClNO4/c1-3-4-15-34-22-12-9-20(10-13-22)26-25-27(32)23-16-21(30)11-14-24(23)35-28(25)29(33)31(26)17-19-7-5-18(2)6-8-19/h5-14,16,26H,3-4,15,17H2,1-2H3. The van der Waals surface area contributed by atoms with Crippen LogP contribution in [0, 0.1) is 6.92 Å². The average molecular weight is 488 g/mol. The largest absolute Gasteiger partial charge is 0.494 e. The second kappa shape index (κ2) is 9.59. The molecule has 0 fully saturated rings. The summed E-state index contributed by atoms with van der Waals surface area (Å²) in [4.78, 5) is 29.0. The van der Waals surface area contributed by atoms with Crippen LogP contribution in [0.3, 0.4) is 0 Å². The summed E-state index contributed by atoms with van der Waals surface area (Å²) >= 11 is 6.17. The predicted octanol–water partition coefficient (Wildman–Crippen LogP) is 6.68. The van der Waals surface area contributed by atoms with Crippen LogP contribution in [0.25, 0.3) is 11.0 Å². The molecule has 35 heavy (non-hydrogen) atoms. The highest BCUT2D eigenvalue weighted by atomic mass is 35.5. The number of amides is 1. The third-order valence-electron chi connectivity index (χ3n) is 6.36. The summed E-state index contributed by atoms with van der Waals surface area (Å²) in [7, 11) is 0. The van der Waals surface area contributed by atoms with Crippen molar-refractivity contribution in [1.29, 1.82) is 0 Å². The van der Waals surface area contributed by atoms with Gasteiger partial charge in [0.15, 0.2) is 5.43 Å². The molecule has 178 valence electrons. The molecule has 0 radical (unpaired) electrons. The van der Waals surface area contributed by atoms with E-state index in [0.29, 0.717) is 34.7 Å². The fraction of sp³-hybridized carbons (Fsp3) is 0.241. The third-order valence-corrected chi connectivity index (χ3v) is 6.60. The zero-order chi connectivity index (χ0) is 24.5. The Morgan fingerprint density at radius 3 is 2.46 bits per heavy atom. The van der Waals surface area contributed by atoms with Crippen molar-refractivity contribution < 1.29 is 13.9 Å². The van der Waals surface area contributed by atoms with Gasteiger partial charge in [-0.2, -0.15) is 0 Å². The number of carbonyl (C=O) groups excluding carboxylic acids is 1. The summed E-state index contributed by atoms with van der Waals surface area (Å²) in [5.74, 6) is 0.544. The van der Waals surface area contributed by atoms with Crippen LogP contribution in [0.4, 0.5) is 0 Å². The van der Waals surface area contributed by atoms with Gasteiger partial charge in [-0.05, 0) is 54.8 Å². The molecule has 0 N–H and O–H groups in total. The summed E-state index contributed by atoms with van der Waals surface area (Å²) in [6.45, 7) is 5.13. The maximum atomic E-state index is 13.7. The van der Waals surface area contributed by atoms with Gasteiger partial charge in [0.25, 0.3) is 5.91 Å². The maximum absolute atomic E-state index is 13.7. The third kappa shape index (κ3) is 4.44. The molecule has 1 atom stereocenters. The molecule has 1 aromatic heterocycles. The van der Waals surface area contributed by atoms with E-state index in [4.69, 9.17) is 20.8 Å². The number of unbranched alkanes of at least 4 members (excludes halogenated alkanes) is 1. The van der Waals surface area contributed by atoms with Crippen molar-refractivity contribution in [2.75, 3.05) is 6.61 Å². The van der Waals surface area contributed by atoms with Crippen LogP contribution in [0.1, 0.15) is 58.6 Å². The topological polar surface area (TPSA) is 59.8 Å². The number of ether oxygens (including phenoxy) is 1. The first kappa shape index (κ1) is 23.2. The number of hydrogen-bond acceptors (Lipinski definition) is 4. The molecule has 2 heterocycles. The van der Waals surface area contributed by atoms with E-state index in [1.807, 2.05) is 55.5 Å². The van der Waals surface area contributed by atoms with E-state index in [9.17, 15) is 9.59 Å². The second-order valence-electron chi connectivity index (χ2n) is 8.91. The van der Waals surface area contributed by atoms with Gasteiger partial charge in [0.1, 0.15) is 11.3 Å². The molecule has 1 unspecified atom stereocenters. The van der Waals surface area contributed by atoms with Crippen molar-refractivity contribution in [3.05, 3.63) is 110 Å². The van der Waals surface area contributed by atoms with Gasteiger partial charge in [0.05, 0.1) is 23.6 Å². The number of hydrogen-bond donors (Lipinski definition) is 0. The van der Waals surface area contributed by atoms with Crippen molar-refractivity contribution in [3.8, 4) is 5.75 Å². The normalized spacial score (nSPS) is 15.0. The summed E-state index contributed by atoms with van der Waals surface area (Å²) in [5, 5.41) is 0.807. The molecular formula is C29H26ClNO4. The van der Waals surface area contributed by atoms with Crippen LogP contribution in [0.15, 0.2) is 75.9 Å². The first-order valence-electron chi connectivity index (χ1n) is 11.8. The van der Waals surface area contributed by atoms with Crippen LogP contribution in [0.5, 0.6) is 5.75 Å². The quantitative estimate of drug-likeness (QED) is 0.273. The van der Waals surface area contributed by atoms with E-state index in [2.05, 4.69) is 6.92 Å². The number of halogens is 1. The monoisotopic (exact) mass is 487 g/mol. The number of carbonyl (C=O) groups is 1. The molecule has 1 aliphatic rings. The van der Waals surface area contributed by atoms with E-state index in [0.717, 1.165) is 35.3 Å². The van der Waals surface area contributed by atoms with Crippen molar-refractivity contribution >= 4 is 28.5 Å². The van der Waals surface area contributed by atoms with Crippen LogP contribution in [0.2, 0.25) is 5.02 Å². The summed E-state index contributed by atoms with van der Waals surface area (Å²) in [5.41, 5.74) is 3.39. The van der Waals surface area contributed by atoms with Gasteiger partial charge in [-0.25, -0.2) is 0 Å². The molecule has 4 aromatic rings. The lowest BCUT2D eigenvalue weighted by Gasteiger charge is -2.25. The lowest BCUT2D eigenvalue weighted by molar-refractivity contribution is 0.0714. The van der Waals surface area contributed by atoms with Crippen molar-refractivity contribution in [2.45, 2.75) is 39.3 Å². The Balaban J connectivity index is 1.61. The molecule has 3 aromatic carbocycles. The van der Waals surface area contributed by atoms with Crippen molar-refractivity contribution in [3.63, 3.8) is 0 Å².